The number of rotatable bonds is 2. The minimum Gasteiger partial charge on any atom is -0.352 e. The molecule has 14 heavy (non-hydrogen) atoms. The van der Waals surface area contributed by atoms with E-state index < -0.39 is 0 Å². The van der Waals surface area contributed by atoms with Crippen molar-refractivity contribution >= 4 is 17.7 Å². The van der Waals surface area contributed by atoms with Crippen molar-refractivity contribution in [3.05, 3.63) is 0 Å². The summed E-state index contributed by atoms with van der Waals surface area (Å²) in [6.45, 7) is 3.20. The second kappa shape index (κ2) is 4.53. The highest BCUT2D eigenvalue weighted by molar-refractivity contribution is 7.99. The molecule has 2 fully saturated rings. The Balaban J connectivity index is 1.71. The first-order valence-electron chi connectivity index (χ1n) is 5.37. The molecular weight excluding hydrogens is 196 g/mol. The van der Waals surface area contributed by atoms with Gasteiger partial charge in [-0.1, -0.05) is 6.92 Å². The number of hydrogen-bond acceptors (Lipinski definition) is 3. The molecule has 1 saturated heterocycles. The first-order chi connectivity index (χ1) is 6.75. The van der Waals surface area contributed by atoms with E-state index in [2.05, 4.69) is 17.6 Å². The van der Waals surface area contributed by atoms with Gasteiger partial charge in [0.05, 0.1) is 6.04 Å². The molecule has 2 N–H and O–H groups in total. The Morgan fingerprint density at radius 2 is 2.29 bits per heavy atom. The van der Waals surface area contributed by atoms with Crippen LogP contribution in [-0.2, 0) is 4.79 Å². The van der Waals surface area contributed by atoms with E-state index in [9.17, 15) is 4.79 Å². The van der Waals surface area contributed by atoms with Crippen LogP contribution in [0.5, 0.6) is 0 Å². The van der Waals surface area contributed by atoms with Gasteiger partial charge in [-0.15, -0.1) is 0 Å². The molecule has 1 saturated carbocycles. The highest BCUT2D eigenvalue weighted by atomic mass is 32.2. The highest BCUT2D eigenvalue weighted by Crippen LogP contribution is 2.26. The Labute approximate surface area is 89.4 Å². The van der Waals surface area contributed by atoms with Crippen LogP contribution in [0.3, 0.4) is 0 Å². The van der Waals surface area contributed by atoms with Gasteiger partial charge in [0.25, 0.3) is 0 Å². The summed E-state index contributed by atoms with van der Waals surface area (Å²) in [5, 5.41) is 6.35. The number of hydrogen-bond donors (Lipinski definition) is 2. The maximum atomic E-state index is 11.7. The van der Waals surface area contributed by atoms with Gasteiger partial charge in [0.15, 0.2) is 0 Å². The second-order valence-electron chi connectivity index (χ2n) is 4.36. The van der Waals surface area contributed by atoms with Gasteiger partial charge in [-0.05, 0) is 18.8 Å². The standard InChI is InChI=1S/C10H18N2OS/c1-7-4-8(5-7)12-10(13)9-6-14-3-2-11-9/h7-9,11H,2-6H2,1H3,(H,12,13). The molecular formula is C10H18N2OS. The van der Waals surface area contributed by atoms with Gasteiger partial charge in [0.1, 0.15) is 0 Å². The van der Waals surface area contributed by atoms with Crippen LogP contribution in [0.25, 0.3) is 0 Å². The van der Waals surface area contributed by atoms with Crippen molar-refractivity contribution in [1.29, 1.82) is 0 Å². The van der Waals surface area contributed by atoms with Crippen molar-refractivity contribution in [3.8, 4) is 0 Å². The molecule has 1 heterocycles. The quantitative estimate of drug-likeness (QED) is 0.707. The maximum absolute atomic E-state index is 11.7. The highest BCUT2D eigenvalue weighted by Gasteiger charge is 2.29. The minimum atomic E-state index is 0.0460. The average Bonchev–Trinajstić information content (AvgIpc) is 2.17. The molecule has 1 atom stereocenters. The van der Waals surface area contributed by atoms with Gasteiger partial charge in [-0.3, -0.25) is 4.79 Å². The Kier molecular flexibility index (Phi) is 3.34. The van der Waals surface area contributed by atoms with Gasteiger partial charge >= 0.3 is 0 Å². The Bertz CT molecular complexity index is 210. The zero-order valence-corrected chi connectivity index (χ0v) is 9.40. The van der Waals surface area contributed by atoms with Gasteiger partial charge in [0, 0.05) is 24.1 Å². The Morgan fingerprint density at radius 3 is 2.86 bits per heavy atom. The molecule has 1 aliphatic heterocycles. The van der Waals surface area contributed by atoms with Gasteiger partial charge in [-0.25, -0.2) is 0 Å². The molecule has 0 spiro atoms. The van der Waals surface area contributed by atoms with Crippen LogP contribution in [0.1, 0.15) is 19.8 Å². The molecule has 0 radical (unpaired) electrons. The summed E-state index contributed by atoms with van der Waals surface area (Å²) in [7, 11) is 0. The molecule has 2 rings (SSSR count). The predicted molar refractivity (Wildman–Crippen MR) is 59.4 cm³/mol. The third kappa shape index (κ3) is 2.42. The average molecular weight is 214 g/mol. The topological polar surface area (TPSA) is 41.1 Å². The lowest BCUT2D eigenvalue weighted by molar-refractivity contribution is -0.124. The van der Waals surface area contributed by atoms with Crippen LogP contribution in [0, 0.1) is 5.92 Å². The summed E-state index contributed by atoms with van der Waals surface area (Å²) in [6, 6.07) is 0.496. The molecule has 3 nitrogen and oxygen atoms in total. The normalized spacial score (nSPS) is 37.4. The van der Waals surface area contributed by atoms with Crippen LogP contribution >= 0.6 is 11.8 Å². The summed E-state index contributed by atoms with van der Waals surface area (Å²) in [6.07, 6.45) is 2.32. The van der Waals surface area contributed by atoms with Crippen LogP contribution in [0.2, 0.25) is 0 Å². The molecule has 4 heteroatoms. The monoisotopic (exact) mass is 214 g/mol. The number of thioether (sulfide) groups is 1. The SMILES string of the molecule is CC1CC(NC(=O)C2CSCCN2)C1. The third-order valence-electron chi connectivity index (χ3n) is 2.96. The largest absolute Gasteiger partial charge is 0.352 e. The van der Waals surface area contributed by atoms with Crippen molar-refractivity contribution in [2.24, 2.45) is 5.92 Å². The van der Waals surface area contributed by atoms with Crippen molar-refractivity contribution in [2.45, 2.75) is 31.8 Å². The Morgan fingerprint density at radius 1 is 1.50 bits per heavy atom. The van der Waals surface area contributed by atoms with Crippen molar-refractivity contribution in [2.75, 3.05) is 18.1 Å². The zero-order chi connectivity index (χ0) is 9.97. The predicted octanol–water partition coefficient (Wildman–Crippen LogP) is 0.606. The molecule has 0 aromatic carbocycles. The van der Waals surface area contributed by atoms with E-state index in [4.69, 9.17) is 0 Å². The first kappa shape index (κ1) is 10.3. The van der Waals surface area contributed by atoms with Crippen molar-refractivity contribution in [1.82, 2.24) is 10.6 Å². The smallest absolute Gasteiger partial charge is 0.238 e. The van der Waals surface area contributed by atoms with Crippen LogP contribution in [0.4, 0.5) is 0 Å². The number of amides is 1. The van der Waals surface area contributed by atoms with Crippen LogP contribution in [0.15, 0.2) is 0 Å². The van der Waals surface area contributed by atoms with E-state index in [1.807, 2.05) is 11.8 Å². The fourth-order valence-corrected chi connectivity index (χ4v) is 2.99. The number of carbonyl (C=O) groups excluding carboxylic acids is 1. The molecule has 0 aromatic rings. The molecule has 1 aliphatic carbocycles. The van der Waals surface area contributed by atoms with Crippen molar-refractivity contribution in [3.63, 3.8) is 0 Å². The van der Waals surface area contributed by atoms with E-state index in [0.29, 0.717) is 6.04 Å². The van der Waals surface area contributed by atoms with E-state index in [0.717, 1.165) is 36.8 Å². The fraction of sp³-hybridized carbons (Fsp3) is 0.900. The summed E-state index contributed by atoms with van der Waals surface area (Å²) in [5.41, 5.74) is 0. The lowest BCUT2D eigenvalue weighted by Gasteiger charge is -2.35. The summed E-state index contributed by atoms with van der Waals surface area (Å²) >= 11 is 1.86. The summed E-state index contributed by atoms with van der Waals surface area (Å²) < 4.78 is 0. The lowest BCUT2D eigenvalue weighted by Crippen LogP contribution is -2.53. The van der Waals surface area contributed by atoms with Gasteiger partial charge < -0.3 is 10.6 Å². The minimum absolute atomic E-state index is 0.0460. The second-order valence-corrected chi connectivity index (χ2v) is 5.51. The first-order valence-corrected chi connectivity index (χ1v) is 6.52. The van der Waals surface area contributed by atoms with E-state index in [1.54, 1.807) is 0 Å². The Hall–Kier alpha value is -0.220. The van der Waals surface area contributed by atoms with E-state index in [1.165, 1.54) is 0 Å². The van der Waals surface area contributed by atoms with Gasteiger partial charge in [-0.2, -0.15) is 11.8 Å². The number of nitrogens with one attached hydrogen (secondary N) is 2. The zero-order valence-electron chi connectivity index (χ0n) is 8.58. The van der Waals surface area contributed by atoms with E-state index >= 15 is 0 Å². The lowest BCUT2D eigenvalue weighted by atomic mass is 9.82. The van der Waals surface area contributed by atoms with Gasteiger partial charge in [0.2, 0.25) is 5.91 Å². The fourth-order valence-electron chi connectivity index (χ4n) is 2.06. The number of carbonyl (C=O) groups is 1. The third-order valence-corrected chi connectivity index (χ3v) is 4.02. The van der Waals surface area contributed by atoms with E-state index in [-0.39, 0.29) is 11.9 Å². The van der Waals surface area contributed by atoms with Crippen LogP contribution in [-0.4, -0.2) is 36.0 Å². The molecule has 0 bridgehead atoms. The van der Waals surface area contributed by atoms with Crippen LogP contribution < -0.4 is 10.6 Å². The summed E-state index contributed by atoms with van der Waals surface area (Å²) in [4.78, 5) is 11.7. The molecule has 2 aliphatic rings. The van der Waals surface area contributed by atoms with Crippen molar-refractivity contribution < 1.29 is 4.79 Å². The molecule has 1 unspecified atom stereocenters. The maximum Gasteiger partial charge on any atom is 0.238 e. The molecule has 80 valence electrons. The molecule has 1 amide bonds. The molecule has 0 aromatic heterocycles. The summed E-state index contributed by atoms with van der Waals surface area (Å²) in [5.74, 6) is 3.06.